The van der Waals surface area contributed by atoms with E-state index in [0.717, 1.165) is 22.1 Å². The van der Waals surface area contributed by atoms with E-state index in [4.69, 9.17) is 23.2 Å². The number of carbonyl (C=O) groups is 1. The average Bonchev–Trinajstić information content (AvgIpc) is 3.25. The van der Waals surface area contributed by atoms with Crippen molar-refractivity contribution in [3.8, 4) is 0 Å². The minimum atomic E-state index is -0.335. The lowest BCUT2D eigenvalue weighted by Gasteiger charge is -2.24. The summed E-state index contributed by atoms with van der Waals surface area (Å²) in [6.45, 7) is 2.00. The van der Waals surface area contributed by atoms with Gasteiger partial charge in [-0.25, -0.2) is 9.97 Å². The van der Waals surface area contributed by atoms with Crippen molar-refractivity contribution in [1.29, 1.82) is 0 Å². The monoisotopic (exact) mass is 455 g/mol. The maximum Gasteiger partial charge on any atom is 0.255 e. The highest BCUT2D eigenvalue weighted by molar-refractivity contribution is 7.13. The van der Waals surface area contributed by atoms with Crippen molar-refractivity contribution in [3.63, 3.8) is 0 Å². The second-order valence-electron chi connectivity index (χ2n) is 6.32. The zero-order valence-electron chi connectivity index (χ0n) is 15.7. The number of aryl methyl sites for hydroxylation is 1. The first-order valence-corrected chi connectivity index (χ1v) is 10.5. The molecule has 0 bridgehead atoms. The average molecular weight is 456 g/mol. The molecule has 1 aromatic carbocycles. The molecular formula is C21H15Cl2N5OS. The molecule has 3 aromatic heterocycles. The van der Waals surface area contributed by atoms with Gasteiger partial charge in [0.15, 0.2) is 5.13 Å². The van der Waals surface area contributed by atoms with E-state index >= 15 is 0 Å². The highest BCUT2D eigenvalue weighted by Crippen LogP contribution is 2.38. The van der Waals surface area contributed by atoms with Gasteiger partial charge in [-0.3, -0.25) is 14.7 Å². The number of amides is 1. The molecule has 4 aromatic rings. The molecule has 0 aliphatic heterocycles. The standard InChI is InChI=1S/C21H15Cl2N5OS/c1-13-4-5-15(26-20(29)14-9-18(22)27-19(23)10-14)11-17(13)28(21-25-7-8-30-21)16-3-2-6-24-12-16/h2-12H,1H3,(H,26,29). The highest BCUT2D eigenvalue weighted by atomic mass is 35.5. The van der Waals surface area contributed by atoms with Crippen LogP contribution in [0.15, 0.2) is 66.4 Å². The van der Waals surface area contributed by atoms with E-state index in [1.54, 1.807) is 18.6 Å². The summed E-state index contributed by atoms with van der Waals surface area (Å²) in [4.78, 5) is 27.3. The van der Waals surface area contributed by atoms with Crippen LogP contribution in [0.3, 0.4) is 0 Å². The van der Waals surface area contributed by atoms with E-state index in [1.807, 2.05) is 47.5 Å². The van der Waals surface area contributed by atoms with Crippen LogP contribution in [0.2, 0.25) is 10.3 Å². The molecule has 30 heavy (non-hydrogen) atoms. The summed E-state index contributed by atoms with van der Waals surface area (Å²) in [7, 11) is 0. The first-order chi connectivity index (χ1) is 14.5. The Morgan fingerprint density at radius 2 is 1.90 bits per heavy atom. The second-order valence-corrected chi connectivity index (χ2v) is 7.97. The molecule has 0 saturated carbocycles. The number of rotatable bonds is 5. The molecule has 0 saturated heterocycles. The predicted octanol–water partition coefficient (Wildman–Crippen LogP) is 6.27. The van der Waals surface area contributed by atoms with Crippen LogP contribution in [-0.4, -0.2) is 20.9 Å². The normalized spacial score (nSPS) is 10.6. The summed E-state index contributed by atoms with van der Waals surface area (Å²) < 4.78 is 0. The van der Waals surface area contributed by atoms with E-state index in [1.165, 1.54) is 23.5 Å². The van der Waals surface area contributed by atoms with Crippen molar-refractivity contribution in [3.05, 3.63) is 87.9 Å². The predicted molar refractivity (Wildman–Crippen MR) is 122 cm³/mol. The smallest absolute Gasteiger partial charge is 0.255 e. The summed E-state index contributed by atoms with van der Waals surface area (Å²) in [6.07, 6.45) is 5.24. The van der Waals surface area contributed by atoms with Crippen molar-refractivity contribution in [2.75, 3.05) is 10.2 Å². The van der Waals surface area contributed by atoms with Gasteiger partial charge in [0.05, 0.1) is 17.6 Å². The number of thiazole rings is 1. The van der Waals surface area contributed by atoms with E-state index < -0.39 is 0 Å². The Labute approximate surface area is 187 Å². The molecule has 0 spiro atoms. The largest absolute Gasteiger partial charge is 0.322 e. The van der Waals surface area contributed by atoms with Gasteiger partial charge in [0.2, 0.25) is 0 Å². The Morgan fingerprint density at radius 1 is 1.10 bits per heavy atom. The third kappa shape index (κ3) is 4.43. The van der Waals surface area contributed by atoms with Gasteiger partial charge >= 0.3 is 0 Å². The molecule has 1 amide bonds. The quantitative estimate of drug-likeness (QED) is 0.359. The van der Waals surface area contributed by atoms with Gasteiger partial charge in [-0.15, -0.1) is 11.3 Å². The van der Waals surface area contributed by atoms with Gasteiger partial charge in [-0.1, -0.05) is 29.3 Å². The number of halogens is 2. The molecule has 3 heterocycles. The van der Waals surface area contributed by atoms with Crippen molar-refractivity contribution in [2.24, 2.45) is 0 Å². The van der Waals surface area contributed by atoms with Crippen LogP contribution in [0.5, 0.6) is 0 Å². The Morgan fingerprint density at radius 3 is 2.57 bits per heavy atom. The van der Waals surface area contributed by atoms with Gasteiger partial charge in [-0.05, 0) is 48.9 Å². The van der Waals surface area contributed by atoms with Gasteiger partial charge < -0.3 is 5.32 Å². The number of hydrogen-bond donors (Lipinski definition) is 1. The minimum absolute atomic E-state index is 0.156. The van der Waals surface area contributed by atoms with Crippen LogP contribution >= 0.6 is 34.5 Å². The Balaban J connectivity index is 1.71. The number of pyridine rings is 2. The van der Waals surface area contributed by atoms with Crippen molar-refractivity contribution < 1.29 is 4.79 Å². The number of carbonyl (C=O) groups excluding carboxylic acids is 1. The topological polar surface area (TPSA) is 71.0 Å². The van der Waals surface area contributed by atoms with E-state index in [0.29, 0.717) is 11.3 Å². The summed E-state index contributed by atoms with van der Waals surface area (Å²) in [5.41, 5.74) is 3.71. The maximum absolute atomic E-state index is 12.7. The summed E-state index contributed by atoms with van der Waals surface area (Å²) >= 11 is 13.3. The number of anilines is 4. The summed E-state index contributed by atoms with van der Waals surface area (Å²) in [6, 6.07) is 12.4. The fraction of sp³-hybridized carbons (Fsp3) is 0.0476. The lowest BCUT2D eigenvalue weighted by Crippen LogP contribution is -2.14. The molecule has 0 unspecified atom stereocenters. The van der Waals surface area contributed by atoms with E-state index in [2.05, 4.69) is 20.3 Å². The van der Waals surface area contributed by atoms with Gasteiger partial charge in [0.1, 0.15) is 10.3 Å². The molecule has 4 rings (SSSR count). The lowest BCUT2D eigenvalue weighted by molar-refractivity contribution is 0.102. The minimum Gasteiger partial charge on any atom is -0.322 e. The molecule has 6 nitrogen and oxygen atoms in total. The van der Waals surface area contributed by atoms with Crippen molar-refractivity contribution in [2.45, 2.75) is 6.92 Å². The van der Waals surface area contributed by atoms with Crippen LogP contribution in [0.25, 0.3) is 0 Å². The maximum atomic E-state index is 12.7. The molecule has 9 heteroatoms. The van der Waals surface area contributed by atoms with E-state index in [9.17, 15) is 4.79 Å². The number of nitrogens with zero attached hydrogens (tertiary/aromatic N) is 4. The SMILES string of the molecule is Cc1ccc(NC(=O)c2cc(Cl)nc(Cl)c2)cc1N(c1cccnc1)c1nccs1. The van der Waals surface area contributed by atoms with Crippen molar-refractivity contribution >= 4 is 62.6 Å². The molecule has 0 fully saturated rings. The summed E-state index contributed by atoms with van der Waals surface area (Å²) in [5, 5.41) is 5.91. The Kier molecular flexibility index (Phi) is 5.94. The fourth-order valence-corrected chi connectivity index (χ4v) is 4.03. The Hall–Kier alpha value is -3.00. The highest BCUT2D eigenvalue weighted by Gasteiger charge is 2.18. The zero-order chi connectivity index (χ0) is 21.1. The Bertz CT molecular complexity index is 1170. The van der Waals surface area contributed by atoms with Crippen LogP contribution < -0.4 is 10.2 Å². The number of nitrogens with one attached hydrogen (secondary N) is 1. The fourth-order valence-electron chi connectivity index (χ4n) is 2.89. The first kappa shape index (κ1) is 20.3. The van der Waals surface area contributed by atoms with Crippen LogP contribution in [-0.2, 0) is 0 Å². The molecule has 0 aliphatic carbocycles. The number of hydrogen-bond acceptors (Lipinski definition) is 6. The molecule has 0 radical (unpaired) electrons. The third-order valence-electron chi connectivity index (χ3n) is 4.25. The number of aromatic nitrogens is 3. The summed E-state index contributed by atoms with van der Waals surface area (Å²) in [5.74, 6) is -0.335. The van der Waals surface area contributed by atoms with Crippen LogP contribution in [0, 0.1) is 6.92 Å². The van der Waals surface area contributed by atoms with Gasteiger partial charge in [-0.2, -0.15) is 0 Å². The van der Waals surface area contributed by atoms with Crippen molar-refractivity contribution in [1.82, 2.24) is 15.0 Å². The van der Waals surface area contributed by atoms with Gasteiger partial charge in [0.25, 0.3) is 5.91 Å². The first-order valence-electron chi connectivity index (χ1n) is 8.86. The second kappa shape index (κ2) is 8.79. The van der Waals surface area contributed by atoms with Crippen LogP contribution in [0.4, 0.5) is 22.2 Å². The number of benzene rings is 1. The van der Waals surface area contributed by atoms with E-state index in [-0.39, 0.29) is 16.2 Å². The van der Waals surface area contributed by atoms with Crippen LogP contribution in [0.1, 0.15) is 15.9 Å². The lowest BCUT2D eigenvalue weighted by atomic mass is 10.1. The molecule has 1 N–H and O–H groups in total. The molecule has 150 valence electrons. The molecular weight excluding hydrogens is 441 g/mol. The molecule has 0 atom stereocenters. The zero-order valence-corrected chi connectivity index (χ0v) is 18.0. The third-order valence-corrected chi connectivity index (χ3v) is 5.39. The molecule has 0 aliphatic rings. The van der Waals surface area contributed by atoms with Gasteiger partial charge in [0, 0.05) is 29.0 Å².